The highest BCUT2D eigenvalue weighted by Gasteiger charge is 2.40. The molecule has 0 fully saturated rings. The van der Waals surface area contributed by atoms with Gasteiger partial charge in [-0.25, -0.2) is 0 Å². The lowest BCUT2D eigenvalue weighted by Crippen LogP contribution is -2.20. The van der Waals surface area contributed by atoms with Crippen molar-refractivity contribution in [1.29, 1.82) is 0 Å². The van der Waals surface area contributed by atoms with E-state index in [2.05, 4.69) is 57.2 Å². The Bertz CT molecular complexity index is 754. The first-order valence-corrected chi connectivity index (χ1v) is 7.96. The van der Waals surface area contributed by atoms with E-state index in [9.17, 15) is 4.79 Å². The number of benzene rings is 2. The van der Waals surface area contributed by atoms with Gasteiger partial charge in [0.05, 0.1) is 0 Å². The molecule has 1 nitrogen and oxygen atoms in total. The van der Waals surface area contributed by atoms with Crippen molar-refractivity contribution in [2.75, 3.05) is 0 Å². The van der Waals surface area contributed by atoms with Crippen molar-refractivity contribution in [3.05, 3.63) is 76.4 Å². The van der Waals surface area contributed by atoms with Crippen LogP contribution in [0.4, 0.5) is 0 Å². The van der Waals surface area contributed by atoms with Gasteiger partial charge in [-0.1, -0.05) is 68.5 Å². The van der Waals surface area contributed by atoms with Gasteiger partial charge in [-0.2, -0.15) is 0 Å². The summed E-state index contributed by atoms with van der Waals surface area (Å²) in [5.41, 5.74) is 5.60. The summed E-state index contributed by atoms with van der Waals surface area (Å²) in [5.74, 6) is 0.255. The Balaban J connectivity index is 2.07. The molecule has 1 heteroatoms. The second-order valence-corrected chi connectivity index (χ2v) is 6.36. The fourth-order valence-electron chi connectivity index (χ4n) is 3.43. The number of Topliss-reactive ketones (excluding diaryl/α,β-unsaturated/α-hetero) is 1. The summed E-state index contributed by atoms with van der Waals surface area (Å²) in [6, 6.07) is 14.6. The number of aryl methyl sites for hydroxylation is 1. The number of rotatable bonds is 3. The zero-order chi connectivity index (χ0) is 15.7. The lowest BCUT2D eigenvalue weighted by Gasteiger charge is -2.26. The molecule has 0 heterocycles. The molecule has 0 bridgehead atoms. The van der Waals surface area contributed by atoms with Crippen molar-refractivity contribution < 1.29 is 4.79 Å². The highest BCUT2D eigenvalue weighted by molar-refractivity contribution is 6.02. The quantitative estimate of drug-likeness (QED) is 0.748. The maximum Gasteiger partial charge on any atom is 0.164 e. The fraction of sp³-hybridized carbons (Fsp3) is 0.286. The average Bonchev–Trinajstić information content (AvgIpc) is 2.79. The second kappa shape index (κ2) is 5.57. The molecule has 1 aliphatic rings. The number of ketones is 1. The third kappa shape index (κ3) is 2.31. The monoisotopic (exact) mass is 290 g/mol. The number of carbonyl (C=O) groups excluding carboxylic acids is 1. The normalized spacial score (nSPS) is 20.6. The molecular formula is C21H22O. The van der Waals surface area contributed by atoms with Crippen molar-refractivity contribution in [1.82, 2.24) is 0 Å². The number of fused-ring (bicyclic) bond motifs is 1. The third-order valence-corrected chi connectivity index (χ3v) is 4.78. The van der Waals surface area contributed by atoms with E-state index in [0.717, 1.165) is 17.5 Å². The number of carbonyl (C=O) groups is 1. The average molecular weight is 290 g/mol. The van der Waals surface area contributed by atoms with E-state index in [-0.39, 0.29) is 11.2 Å². The highest BCUT2D eigenvalue weighted by atomic mass is 16.1. The second-order valence-electron chi connectivity index (χ2n) is 6.36. The SMILES string of the molecule is CC/C=C\c1ccc(C2(C)CC(=O)c3ccccc32)cc1C. The largest absolute Gasteiger partial charge is 0.294 e. The summed E-state index contributed by atoms with van der Waals surface area (Å²) >= 11 is 0. The molecule has 1 unspecified atom stereocenters. The molecule has 0 amide bonds. The predicted molar refractivity (Wildman–Crippen MR) is 92.3 cm³/mol. The van der Waals surface area contributed by atoms with Crippen LogP contribution < -0.4 is 0 Å². The van der Waals surface area contributed by atoms with Gasteiger partial charge < -0.3 is 0 Å². The van der Waals surface area contributed by atoms with Crippen LogP contribution in [0.2, 0.25) is 0 Å². The highest BCUT2D eigenvalue weighted by Crippen LogP contribution is 2.44. The van der Waals surface area contributed by atoms with Crippen LogP contribution in [-0.4, -0.2) is 5.78 Å². The summed E-state index contributed by atoms with van der Waals surface area (Å²) in [7, 11) is 0. The zero-order valence-electron chi connectivity index (χ0n) is 13.5. The minimum atomic E-state index is -0.203. The maximum atomic E-state index is 12.3. The van der Waals surface area contributed by atoms with Crippen LogP contribution >= 0.6 is 0 Å². The minimum absolute atomic E-state index is 0.203. The van der Waals surface area contributed by atoms with Crippen LogP contribution in [0, 0.1) is 6.92 Å². The molecule has 112 valence electrons. The standard InChI is InChI=1S/C21H22O/c1-4-5-8-16-11-12-17(13-15(16)2)21(3)14-20(22)18-9-6-7-10-19(18)21/h5-13H,4,14H2,1-3H3/b8-5-. The molecule has 1 aliphatic carbocycles. The van der Waals surface area contributed by atoms with Gasteiger partial charge in [0.1, 0.15) is 0 Å². The molecule has 22 heavy (non-hydrogen) atoms. The van der Waals surface area contributed by atoms with Crippen LogP contribution in [0.25, 0.3) is 6.08 Å². The van der Waals surface area contributed by atoms with Gasteiger partial charge in [-0.05, 0) is 35.6 Å². The van der Waals surface area contributed by atoms with E-state index < -0.39 is 0 Å². The molecule has 0 aliphatic heterocycles. The lowest BCUT2D eigenvalue weighted by molar-refractivity contribution is 0.0982. The Kier molecular flexibility index (Phi) is 3.74. The van der Waals surface area contributed by atoms with Gasteiger partial charge >= 0.3 is 0 Å². The third-order valence-electron chi connectivity index (χ3n) is 4.78. The van der Waals surface area contributed by atoms with Crippen molar-refractivity contribution in [2.45, 2.75) is 39.0 Å². The first-order valence-electron chi connectivity index (χ1n) is 7.96. The summed E-state index contributed by atoms with van der Waals surface area (Å²) in [6.07, 6.45) is 5.96. The van der Waals surface area contributed by atoms with Gasteiger partial charge in [-0.3, -0.25) is 4.79 Å². The predicted octanol–water partition coefficient (Wildman–Crippen LogP) is 5.31. The molecule has 0 aromatic heterocycles. The van der Waals surface area contributed by atoms with Gasteiger partial charge in [0, 0.05) is 17.4 Å². The molecule has 2 aromatic carbocycles. The van der Waals surface area contributed by atoms with E-state index in [4.69, 9.17) is 0 Å². The van der Waals surface area contributed by atoms with Gasteiger partial charge in [0.15, 0.2) is 5.78 Å². The number of allylic oxidation sites excluding steroid dienone is 1. The van der Waals surface area contributed by atoms with Crippen LogP contribution in [-0.2, 0) is 5.41 Å². The van der Waals surface area contributed by atoms with Crippen molar-refractivity contribution >= 4 is 11.9 Å². The Labute approximate surface area is 132 Å². The Morgan fingerprint density at radius 3 is 2.68 bits per heavy atom. The lowest BCUT2D eigenvalue weighted by atomic mass is 9.76. The van der Waals surface area contributed by atoms with Crippen LogP contribution in [0.1, 0.15) is 59.3 Å². The molecule has 0 radical (unpaired) electrons. The minimum Gasteiger partial charge on any atom is -0.294 e. The Morgan fingerprint density at radius 2 is 1.95 bits per heavy atom. The number of hydrogen-bond donors (Lipinski definition) is 0. The zero-order valence-corrected chi connectivity index (χ0v) is 13.5. The van der Waals surface area contributed by atoms with Gasteiger partial charge in [-0.15, -0.1) is 0 Å². The van der Waals surface area contributed by atoms with Crippen molar-refractivity contribution in [2.24, 2.45) is 0 Å². The summed E-state index contributed by atoms with van der Waals surface area (Å²) in [6.45, 7) is 6.47. The van der Waals surface area contributed by atoms with E-state index in [0.29, 0.717) is 6.42 Å². The fourth-order valence-corrected chi connectivity index (χ4v) is 3.43. The molecule has 0 saturated carbocycles. The van der Waals surface area contributed by atoms with Crippen LogP contribution in [0.5, 0.6) is 0 Å². The summed E-state index contributed by atoms with van der Waals surface area (Å²) in [4.78, 5) is 12.3. The summed E-state index contributed by atoms with van der Waals surface area (Å²) in [5, 5.41) is 0. The van der Waals surface area contributed by atoms with Crippen LogP contribution in [0.15, 0.2) is 48.5 Å². The van der Waals surface area contributed by atoms with Crippen LogP contribution in [0.3, 0.4) is 0 Å². The Morgan fingerprint density at radius 1 is 1.18 bits per heavy atom. The van der Waals surface area contributed by atoms with Gasteiger partial charge in [0.2, 0.25) is 0 Å². The van der Waals surface area contributed by atoms with E-state index >= 15 is 0 Å². The van der Waals surface area contributed by atoms with E-state index in [1.807, 2.05) is 18.2 Å². The van der Waals surface area contributed by atoms with Crippen molar-refractivity contribution in [3.63, 3.8) is 0 Å². The Hall–Kier alpha value is -2.15. The first-order chi connectivity index (χ1) is 10.6. The molecule has 0 spiro atoms. The number of hydrogen-bond acceptors (Lipinski definition) is 1. The summed E-state index contributed by atoms with van der Waals surface area (Å²) < 4.78 is 0. The van der Waals surface area contributed by atoms with E-state index in [1.54, 1.807) is 0 Å². The molecule has 0 saturated heterocycles. The molecule has 2 aromatic rings. The van der Waals surface area contributed by atoms with Crippen molar-refractivity contribution in [3.8, 4) is 0 Å². The maximum absolute atomic E-state index is 12.3. The molecule has 0 N–H and O–H groups in total. The molecule has 1 atom stereocenters. The van der Waals surface area contributed by atoms with E-state index in [1.165, 1.54) is 16.7 Å². The van der Waals surface area contributed by atoms with Gasteiger partial charge in [0.25, 0.3) is 0 Å². The smallest absolute Gasteiger partial charge is 0.164 e. The molecule has 3 rings (SSSR count). The topological polar surface area (TPSA) is 17.1 Å². The first kappa shape index (κ1) is 14.8. The molecular weight excluding hydrogens is 268 g/mol.